The maximum absolute atomic E-state index is 11.0. The van der Waals surface area contributed by atoms with E-state index in [1.165, 1.54) is 12.3 Å². The summed E-state index contributed by atoms with van der Waals surface area (Å²) in [7, 11) is 0. The number of nitro groups is 1. The fraction of sp³-hybridized carbons (Fsp3) is 0.154. The summed E-state index contributed by atoms with van der Waals surface area (Å²) in [6, 6.07) is 8.78. The van der Waals surface area contributed by atoms with Crippen molar-refractivity contribution in [2.24, 2.45) is 0 Å². The number of benzene rings is 1. The van der Waals surface area contributed by atoms with Crippen molar-refractivity contribution in [3.63, 3.8) is 0 Å². The molecule has 1 aromatic heterocycles. The molecule has 98 valence electrons. The molecular formula is C13H11BrN2O3. The molecule has 5 nitrogen and oxygen atoms in total. The normalized spacial score (nSPS) is 10.2. The monoisotopic (exact) mass is 322 g/mol. The standard InChI is InChI=1S/C13H11BrN2O3/c1-2-9-5-3-4-6-12(9)19-13-11(16(17)18)7-10(14)8-15-13/h3-8H,2H2,1H3. The lowest BCUT2D eigenvalue weighted by Crippen LogP contribution is -1.97. The summed E-state index contributed by atoms with van der Waals surface area (Å²) >= 11 is 3.16. The third-order valence-electron chi connectivity index (χ3n) is 2.56. The number of aryl methyl sites for hydroxylation is 1. The first-order chi connectivity index (χ1) is 9.11. The van der Waals surface area contributed by atoms with Gasteiger partial charge in [0, 0.05) is 16.7 Å². The molecule has 0 aliphatic heterocycles. The molecule has 0 spiro atoms. The topological polar surface area (TPSA) is 65.3 Å². The molecule has 0 radical (unpaired) electrons. The Kier molecular flexibility index (Phi) is 4.11. The van der Waals surface area contributed by atoms with Crippen molar-refractivity contribution in [2.45, 2.75) is 13.3 Å². The van der Waals surface area contributed by atoms with Crippen molar-refractivity contribution < 1.29 is 9.66 Å². The maximum Gasteiger partial charge on any atom is 0.332 e. The molecule has 0 bridgehead atoms. The second kappa shape index (κ2) is 5.79. The zero-order valence-corrected chi connectivity index (χ0v) is 11.8. The zero-order valence-electron chi connectivity index (χ0n) is 10.2. The van der Waals surface area contributed by atoms with E-state index in [0.717, 1.165) is 12.0 Å². The highest BCUT2D eigenvalue weighted by Crippen LogP contribution is 2.32. The quantitative estimate of drug-likeness (QED) is 0.627. The van der Waals surface area contributed by atoms with Crippen LogP contribution in [0.1, 0.15) is 12.5 Å². The lowest BCUT2D eigenvalue weighted by Gasteiger charge is -2.09. The molecule has 19 heavy (non-hydrogen) atoms. The molecule has 1 aromatic carbocycles. The summed E-state index contributed by atoms with van der Waals surface area (Å²) in [5.74, 6) is 0.581. The van der Waals surface area contributed by atoms with Crippen molar-refractivity contribution >= 4 is 21.6 Å². The third-order valence-corrected chi connectivity index (χ3v) is 2.99. The number of hydrogen-bond donors (Lipinski definition) is 0. The van der Waals surface area contributed by atoms with Crippen LogP contribution >= 0.6 is 15.9 Å². The molecular weight excluding hydrogens is 312 g/mol. The van der Waals surface area contributed by atoms with E-state index in [-0.39, 0.29) is 11.6 Å². The summed E-state index contributed by atoms with van der Waals surface area (Å²) in [4.78, 5) is 14.4. The van der Waals surface area contributed by atoms with Gasteiger partial charge in [0.05, 0.1) is 4.92 Å². The second-order valence-electron chi connectivity index (χ2n) is 3.80. The minimum absolute atomic E-state index is 0.00546. The fourth-order valence-electron chi connectivity index (χ4n) is 1.63. The van der Waals surface area contributed by atoms with Crippen LogP contribution in [0.15, 0.2) is 41.0 Å². The van der Waals surface area contributed by atoms with Crippen LogP contribution in [0.25, 0.3) is 0 Å². The average Bonchev–Trinajstić information content (AvgIpc) is 2.41. The van der Waals surface area contributed by atoms with E-state index in [2.05, 4.69) is 20.9 Å². The van der Waals surface area contributed by atoms with Gasteiger partial charge in [0.25, 0.3) is 5.88 Å². The molecule has 0 saturated carbocycles. The average molecular weight is 323 g/mol. The van der Waals surface area contributed by atoms with Gasteiger partial charge in [0.2, 0.25) is 0 Å². The van der Waals surface area contributed by atoms with Gasteiger partial charge < -0.3 is 4.74 Å². The Labute approximate surface area is 118 Å². The van der Waals surface area contributed by atoms with E-state index < -0.39 is 4.92 Å². The van der Waals surface area contributed by atoms with Gasteiger partial charge in [-0.05, 0) is 34.0 Å². The number of pyridine rings is 1. The predicted octanol–water partition coefficient (Wildman–Crippen LogP) is 4.11. The Bertz CT molecular complexity index is 617. The molecule has 0 aliphatic rings. The first-order valence-electron chi connectivity index (χ1n) is 5.67. The lowest BCUT2D eigenvalue weighted by molar-refractivity contribution is -0.386. The van der Waals surface area contributed by atoms with E-state index in [1.807, 2.05) is 25.1 Å². The molecule has 0 N–H and O–H groups in total. The van der Waals surface area contributed by atoms with Crippen LogP contribution in [0.3, 0.4) is 0 Å². The lowest BCUT2D eigenvalue weighted by atomic mass is 10.1. The van der Waals surface area contributed by atoms with Gasteiger partial charge in [-0.15, -0.1) is 0 Å². The molecule has 1 heterocycles. The number of rotatable bonds is 4. The van der Waals surface area contributed by atoms with Gasteiger partial charge in [0.1, 0.15) is 5.75 Å². The summed E-state index contributed by atoms with van der Waals surface area (Å²) in [5, 5.41) is 11.0. The number of nitrogens with zero attached hydrogens (tertiary/aromatic N) is 2. The van der Waals surface area contributed by atoms with E-state index in [1.54, 1.807) is 6.07 Å². The third kappa shape index (κ3) is 3.08. The van der Waals surface area contributed by atoms with E-state index in [9.17, 15) is 10.1 Å². The molecule has 0 atom stereocenters. The fourth-order valence-corrected chi connectivity index (χ4v) is 1.94. The molecule has 0 aliphatic carbocycles. The summed E-state index contributed by atoms with van der Waals surface area (Å²) < 4.78 is 6.11. The molecule has 2 rings (SSSR count). The van der Waals surface area contributed by atoms with Crippen LogP contribution in [-0.2, 0) is 6.42 Å². The van der Waals surface area contributed by atoms with Crippen molar-refractivity contribution in [2.75, 3.05) is 0 Å². The van der Waals surface area contributed by atoms with Gasteiger partial charge in [-0.2, -0.15) is 0 Å². The molecule has 0 unspecified atom stereocenters. The molecule has 0 amide bonds. The molecule has 6 heteroatoms. The zero-order chi connectivity index (χ0) is 13.8. The Morgan fingerprint density at radius 1 is 1.42 bits per heavy atom. The SMILES string of the molecule is CCc1ccccc1Oc1ncc(Br)cc1[N+](=O)[O-]. The van der Waals surface area contributed by atoms with E-state index >= 15 is 0 Å². The Morgan fingerprint density at radius 2 is 2.16 bits per heavy atom. The van der Waals surface area contributed by atoms with Crippen molar-refractivity contribution in [3.8, 4) is 11.6 Å². The maximum atomic E-state index is 11.0. The van der Waals surface area contributed by atoms with Gasteiger partial charge in [-0.3, -0.25) is 10.1 Å². The van der Waals surface area contributed by atoms with E-state index in [0.29, 0.717) is 10.2 Å². The minimum atomic E-state index is -0.512. The van der Waals surface area contributed by atoms with Crippen LogP contribution in [0, 0.1) is 10.1 Å². The summed E-state index contributed by atoms with van der Waals surface area (Å²) in [6.07, 6.45) is 2.25. The Hall–Kier alpha value is -1.95. The first-order valence-corrected chi connectivity index (χ1v) is 6.46. The number of para-hydroxylation sites is 1. The highest BCUT2D eigenvalue weighted by Gasteiger charge is 2.18. The van der Waals surface area contributed by atoms with Gasteiger partial charge in [0.15, 0.2) is 0 Å². The Balaban J connectivity index is 2.41. The van der Waals surface area contributed by atoms with Gasteiger partial charge >= 0.3 is 5.69 Å². The highest BCUT2D eigenvalue weighted by molar-refractivity contribution is 9.10. The summed E-state index contributed by atoms with van der Waals surface area (Å²) in [5.41, 5.74) is 0.807. The molecule has 2 aromatic rings. The van der Waals surface area contributed by atoms with Crippen LogP contribution < -0.4 is 4.74 Å². The molecule has 0 fully saturated rings. The van der Waals surface area contributed by atoms with Crippen molar-refractivity contribution in [1.82, 2.24) is 4.98 Å². The highest BCUT2D eigenvalue weighted by atomic mass is 79.9. The van der Waals surface area contributed by atoms with Crippen LogP contribution in [0.4, 0.5) is 5.69 Å². The summed E-state index contributed by atoms with van der Waals surface area (Å²) in [6.45, 7) is 1.99. The number of ether oxygens (including phenoxy) is 1. The van der Waals surface area contributed by atoms with Crippen molar-refractivity contribution in [3.05, 3.63) is 56.7 Å². The second-order valence-corrected chi connectivity index (χ2v) is 4.71. The van der Waals surface area contributed by atoms with Gasteiger partial charge in [-0.1, -0.05) is 25.1 Å². The van der Waals surface area contributed by atoms with Crippen LogP contribution in [-0.4, -0.2) is 9.91 Å². The number of aromatic nitrogens is 1. The molecule has 0 saturated heterocycles. The van der Waals surface area contributed by atoms with Crippen molar-refractivity contribution in [1.29, 1.82) is 0 Å². The predicted molar refractivity (Wildman–Crippen MR) is 74.5 cm³/mol. The van der Waals surface area contributed by atoms with Crippen LogP contribution in [0.2, 0.25) is 0 Å². The Morgan fingerprint density at radius 3 is 2.84 bits per heavy atom. The number of halogens is 1. The van der Waals surface area contributed by atoms with Crippen LogP contribution in [0.5, 0.6) is 11.6 Å². The van der Waals surface area contributed by atoms with E-state index in [4.69, 9.17) is 4.74 Å². The van der Waals surface area contributed by atoms with Gasteiger partial charge in [-0.25, -0.2) is 4.98 Å². The largest absolute Gasteiger partial charge is 0.433 e. The first kappa shape index (κ1) is 13.5. The smallest absolute Gasteiger partial charge is 0.332 e. The number of hydrogen-bond acceptors (Lipinski definition) is 4. The minimum Gasteiger partial charge on any atom is -0.433 e.